The van der Waals surface area contributed by atoms with Crippen molar-refractivity contribution in [2.45, 2.75) is 69.7 Å². The lowest BCUT2D eigenvalue weighted by molar-refractivity contribution is -0.146. The van der Waals surface area contributed by atoms with E-state index in [-0.39, 0.29) is 0 Å². The van der Waals surface area contributed by atoms with E-state index in [0.29, 0.717) is 0 Å². The summed E-state index contributed by atoms with van der Waals surface area (Å²) in [5.74, 6) is -6.46. The smallest absolute Gasteiger partial charge is 0.328 e. The maximum absolute atomic E-state index is 12.4. The van der Waals surface area contributed by atoms with Gasteiger partial charge < -0.3 is 47.2 Å². The second kappa shape index (κ2) is 12.0. The fourth-order valence-electron chi connectivity index (χ4n) is 2.16. The van der Waals surface area contributed by atoms with Crippen molar-refractivity contribution in [3.8, 4) is 0 Å². The number of hydrogen-bond donors (Lipinski definition) is 9. The molecule has 0 heterocycles. The molecular weight excluding hydrogens is 408 g/mol. The minimum Gasteiger partial charge on any atom is -0.481 e. The maximum atomic E-state index is 12.4. The molecule has 0 saturated heterocycles. The van der Waals surface area contributed by atoms with Gasteiger partial charge in [0.1, 0.15) is 18.1 Å². The van der Waals surface area contributed by atoms with Crippen LogP contribution in [0.15, 0.2) is 0 Å². The number of aliphatic hydroxyl groups excluding tert-OH is 3. The SMILES string of the molecule is CC(O)C(N)C(=O)NC(CC(=O)O)C(=O)NC(C(=O)NC(C(=O)O)C(C)O)C(C)O. The molecule has 0 aromatic rings. The predicted octanol–water partition coefficient (Wildman–Crippen LogP) is -4.53. The lowest BCUT2D eigenvalue weighted by Crippen LogP contribution is -2.61. The molecule has 7 atom stereocenters. The number of carboxylic acid groups (broad SMARTS) is 2. The Kier molecular flexibility index (Phi) is 10.9. The molecule has 0 aliphatic rings. The van der Waals surface area contributed by atoms with Gasteiger partial charge in [0.2, 0.25) is 17.7 Å². The summed E-state index contributed by atoms with van der Waals surface area (Å²) in [6.07, 6.45) is -5.28. The topological polar surface area (TPSA) is 249 Å². The van der Waals surface area contributed by atoms with Crippen LogP contribution < -0.4 is 21.7 Å². The Balaban J connectivity index is 5.46. The summed E-state index contributed by atoms with van der Waals surface area (Å²) < 4.78 is 0. The van der Waals surface area contributed by atoms with E-state index in [1.54, 1.807) is 0 Å². The first-order chi connectivity index (χ1) is 13.7. The van der Waals surface area contributed by atoms with E-state index in [0.717, 1.165) is 13.8 Å². The van der Waals surface area contributed by atoms with Crippen molar-refractivity contribution in [1.29, 1.82) is 0 Å². The lowest BCUT2D eigenvalue weighted by atomic mass is 10.1. The standard InChI is InChI=1S/C16H28N4O10/c1-5(21)10(17)14(27)18-8(4-9(24)25)13(26)19-11(6(2)22)15(28)20-12(7(3)23)16(29)30/h5-8,10-12,21-23H,4,17H2,1-3H3,(H,18,27)(H,19,26)(H,20,28)(H,24,25)(H,29,30). The average molecular weight is 436 g/mol. The van der Waals surface area contributed by atoms with E-state index >= 15 is 0 Å². The highest BCUT2D eigenvalue weighted by Crippen LogP contribution is 2.02. The summed E-state index contributed by atoms with van der Waals surface area (Å²) in [5.41, 5.74) is 5.42. The molecule has 0 saturated carbocycles. The van der Waals surface area contributed by atoms with Crippen LogP contribution in [0.4, 0.5) is 0 Å². The lowest BCUT2D eigenvalue weighted by Gasteiger charge is -2.26. The normalized spacial score (nSPS) is 18.0. The van der Waals surface area contributed by atoms with E-state index in [4.69, 9.17) is 15.9 Å². The molecular formula is C16H28N4O10. The van der Waals surface area contributed by atoms with Gasteiger partial charge >= 0.3 is 11.9 Å². The third-order valence-corrected chi connectivity index (χ3v) is 3.94. The van der Waals surface area contributed by atoms with Gasteiger partial charge in [-0.3, -0.25) is 19.2 Å². The Morgan fingerprint density at radius 1 is 0.733 bits per heavy atom. The third kappa shape index (κ3) is 8.69. The minimum atomic E-state index is -1.74. The van der Waals surface area contributed by atoms with E-state index in [1.165, 1.54) is 6.92 Å². The third-order valence-electron chi connectivity index (χ3n) is 3.94. The number of carbonyl (C=O) groups is 5. The van der Waals surface area contributed by atoms with Crippen LogP contribution >= 0.6 is 0 Å². The summed E-state index contributed by atoms with van der Waals surface area (Å²) in [5, 5.41) is 52.5. The van der Waals surface area contributed by atoms with Crippen LogP contribution in [0.2, 0.25) is 0 Å². The summed E-state index contributed by atoms with van der Waals surface area (Å²) >= 11 is 0. The van der Waals surface area contributed by atoms with E-state index < -0.39 is 78.6 Å². The summed E-state index contributed by atoms with van der Waals surface area (Å²) in [4.78, 5) is 58.8. The van der Waals surface area contributed by atoms with Crippen LogP contribution in [0, 0.1) is 0 Å². The summed E-state index contributed by atoms with van der Waals surface area (Å²) in [6, 6.07) is -6.67. The number of aliphatic carboxylic acids is 2. The van der Waals surface area contributed by atoms with Crippen molar-refractivity contribution in [2.24, 2.45) is 5.73 Å². The molecule has 3 amide bonds. The molecule has 0 rings (SSSR count). The first-order valence-corrected chi connectivity index (χ1v) is 8.84. The van der Waals surface area contributed by atoms with Gasteiger partial charge in [-0.1, -0.05) is 0 Å². The summed E-state index contributed by atoms with van der Waals surface area (Å²) in [7, 11) is 0. The van der Waals surface area contributed by atoms with Crippen molar-refractivity contribution >= 4 is 29.7 Å². The molecule has 0 aliphatic heterocycles. The predicted molar refractivity (Wildman–Crippen MR) is 98.7 cm³/mol. The molecule has 172 valence electrons. The number of nitrogens with one attached hydrogen (secondary N) is 3. The number of carboxylic acids is 2. The fourth-order valence-corrected chi connectivity index (χ4v) is 2.16. The van der Waals surface area contributed by atoms with Crippen molar-refractivity contribution in [2.75, 3.05) is 0 Å². The second-order valence-electron chi connectivity index (χ2n) is 6.72. The minimum absolute atomic E-state index is 0.913. The van der Waals surface area contributed by atoms with E-state index in [9.17, 15) is 39.3 Å². The zero-order valence-corrected chi connectivity index (χ0v) is 16.6. The highest BCUT2D eigenvalue weighted by molar-refractivity contribution is 5.96. The van der Waals surface area contributed by atoms with Gasteiger partial charge in [-0.15, -0.1) is 0 Å². The van der Waals surface area contributed by atoms with Gasteiger partial charge in [0.05, 0.1) is 24.7 Å². The monoisotopic (exact) mass is 436 g/mol. The quantitative estimate of drug-likeness (QED) is 0.141. The molecule has 30 heavy (non-hydrogen) atoms. The van der Waals surface area contributed by atoms with Crippen LogP contribution in [0.5, 0.6) is 0 Å². The molecule has 0 bridgehead atoms. The van der Waals surface area contributed by atoms with Crippen molar-refractivity contribution in [3.63, 3.8) is 0 Å². The Morgan fingerprint density at radius 2 is 1.20 bits per heavy atom. The van der Waals surface area contributed by atoms with Gasteiger partial charge in [-0.05, 0) is 20.8 Å². The molecule has 0 aromatic heterocycles. The van der Waals surface area contributed by atoms with Crippen LogP contribution in [0.25, 0.3) is 0 Å². The van der Waals surface area contributed by atoms with Gasteiger partial charge in [0.25, 0.3) is 0 Å². The molecule has 7 unspecified atom stereocenters. The fraction of sp³-hybridized carbons (Fsp3) is 0.688. The molecule has 10 N–H and O–H groups in total. The Morgan fingerprint density at radius 3 is 1.57 bits per heavy atom. The van der Waals surface area contributed by atoms with Crippen molar-refractivity contribution < 1.29 is 49.5 Å². The van der Waals surface area contributed by atoms with Gasteiger partial charge in [0.15, 0.2) is 6.04 Å². The largest absolute Gasteiger partial charge is 0.481 e. The first-order valence-electron chi connectivity index (χ1n) is 8.84. The van der Waals surface area contributed by atoms with Gasteiger partial charge in [0, 0.05) is 0 Å². The molecule has 0 fully saturated rings. The van der Waals surface area contributed by atoms with E-state index in [2.05, 4.69) is 0 Å². The Hall–Kier alpha value is -2.81. The number of amides is 3. The zero-order valence-electron chi connectivity index (χ0n) is 16.6. The van der Waals surface area contributed by atoms with E-state index in [1.807, 2.05) is 16.0 Å². The van der Waals surface area contributed by atoms with Gasteiger partial charge in [-0.2, -0.15) is 0 Å². The Bertz CT molecular complexity index is 652. The van der Waals surface area contributed by atoms with Crippen LogP contribution in [0.3, 0.4) is 0 Å². The number of carbonyl (C=O) groups excluding carboxylic acids is 3. The second-order valence-corrected chi connectivity index (χ2v) is 6.72. The summed E-state index contributed by atoms with van der Waals surface area (Å²) in [6.45, 7) is 3.39. The number of rotatable bonds is 12. The van der Waals surface area contributed by atoms with Gasteiger partial charge in [-0.25, -0.2) is 4.79 Å². The molecule has 0 aliphatic carbocycles. The highest BCUT2D eigenvalue weighted by Gasteiger charge is 2.34. The molecule has 0 radical (unpaired) electrons. The molecule has 14 nitrogen and oxygen atoms in total. The average Bonchev–Trinajstić information content (AvgIpc) is 2.60. The maximum Gasteiger partial charge on any atom is 0.328 e. The van der Waals surface area contributed by atoms with Crippen LogP contribution in [0.1, 0.15) is 27.2 Å². The zero-order chi connectivity index (χ0) is 23.8. The number of aliphatic hydroxyl groups is 3. The van der Waals surface area contributed by atoms with Crippen LogP contribution in [-0.2, 0) is 24.0 Å². The number of hydrogen-bond acceptors (Lipinski definition) is 9. The molecule has 0 spiro atoms. The first kappa shape index (κ1) is 27.2. The van der Waals surface area contributed by atoms with Crippen molar-refractivity contribution in [3.05, 3.63) is 0 Å². The van der Waals surface area contributed by atoms with Crippen LogP contribution in [-0.4, -0.2) is 97.7 Å². The number of nitrogens with two attached hydrogens (primary N) is 1. The highest BCUT2D eigenvalue weighted by atomic mass is 16.4. The molecule has 14 heteroatoms. The molecule has 0 aromatic carbocycles. The Labute approximate surface area is 171 Å². The van der Waals surface area contributed by atoms with Crippen molar-refractivity contribution in [1.82, 2.24) is 16.0 Å².